The Kier molecular flexibility index (Phi) is 1.39. The number of pyridine rings is 1. The molecule has 0 fully saturated rings. The molecule has 3 heterocycles. The standard InChI is InChI=1S/C13H14N2/c1-2-9-5-7-15-12-4-6-14-8-11(12)10(3-1)13(9)15/h4,6,8-9H,1-3,5,7H2. The average molecular weight is 198 g/mol. The summed E-state index contributed by atoms with van der Waals surface area (Å²) in [4.78, 5) is 4.27. The zero-order valence-corrected chi connectivity index (χ0v) is 8.74. The zero-order chi connectivity index (χ0) is 9.83. The maximum atomic E-state index is 4.27. The van der Waals surface area contributed by atoms with Gasteiger partial charge in [0.25, 0.3) is 0 Å². The molecule has 2 aromatic rings. The summed E-state index contributed by atoms with van der Waals surface area (Å²) < 4.78 is 2.54. The summed E-state index contributed by atoms with van der Waals surface area (Å²) in [7, 11) is 0. The topological polar surface area (TPSA) is 17.8 Å². The van der Waals surface area contributed by atoms with Crippen LogP contribution in [0.4, 0.5) is 0 Å². The molecule has 0 amide bonds. The Hall–Kier alpha value is -1.31. The van der Waals surface area contributed by atoms with Crippen molar-refractivity contribution in [2.75, 3.05) is 0 Å². The second kappa shape index (κ2) is 2.63. The van der Waals surface area contributed by atoms with Crippen LogP contribution in [0.2, 0.25) is 0 Å². The fourth-order valence-corrected chi connectivity index (χ4v) is 3.48. The molecule has 4 rings (SSSR count). The molecule has 2 nitrogen and oxygen atoms in total. The normalized spacial score (nSPS) is 23.3. The van der Waals surface area contributed by atoms with Crippen LogP contribution in [-0.4, -0.2) is 9.55 Å². The first-order chi connectivity index (χ1) is 7.45. The molecule has 0 spiro atoms. The van der Waals surface area contributed by atoms with Crippen molar-refractivity contribution in [1.82, 2.24) is 9.55 Å². The smallest absolute Gasteiger partial charge is 0.0516 e. The Morgan fingerprint density at radius 1 is 1.33 bits per heavy atom. The first kappa shape index (κ1) is 7.91. The fraction of sp³-hybridized carbons (Fsp3) is 0.462. The predicted octanol–water partition coefficient (Wildman–Crippen LogP) is 2.86. The second-order valence-corrected chi connectivity index (χ2v) is 4.79. The van der Waals surface area contributed by atoms with E-state index in [4.69, 9.17) is 0 Å². The maximum absolute atomic E-state index is 4.27. The van der Waals surface area contributed by atoms with Gasteiger partial charge in [-0.2, -0.15) is 0 Å². The molecule has 0 aromatic carbocycles. The highest BCUT2D eigenvalue weighted by Gasteiger charge is 2.31. The van der Waals surface area contributed by atoms with Crippen molar-refractivity contribution >= 4 is 10.9 Å². The van der Waals surface area contributed by atoms with Crippen molar-refractivity contribution in [1.29, 1.82) is 0 Å². The Morgan fingerprint density at radius 2 is 2.33 bits per heavy atom. The molecular weight excluding hydrogens is 184 g/mol. The van der Waals surface area contributed by atoms with Crippen LogP contribution in [0.15, 0.2) is 18.5 Å². The van der Waals surface area contributed by atoms with E-state index >= 15 is 0 Å². The lowest BCUT2D eigenvalue weighted by atomic mass is 9.87. The molecule has 2 heteroatoms. The quantitative estimate of drug-likeness (QED) is 0.636. The molecule has 0 radical (unpaired) electrons. The molecule has 1 aliphatic heterocycles. The lowest BCUT2D eigenvalue weighted by molar-refractivity contribution is 0.556. The van der Waals surface area contributed by atoms with E-state index in [-0.39, 0.29) is 0 Å². The largest absolute Gasteiger partial charge is 0.344 e. The van der Waals surface area contributed by atoms with Gasteiger partial charge in [0.1, 0.15) is 0 Å². The Bertz CT molecular complexity index is 524. The van der Waals surface area contributed by atoms with Crippen LogP contribution in [0.1, 0.15) is 36.4 Å². The van der Waals surface area contributed by atoms with Gasteiger partial charge >= 0.3 is 0 Å². The first-order valence-corrected chi connectivity index (χ1v) is 5.90. The Morgan fingerprint density at radius 3 is 3.33 bits per heavy atom. The highest BCUT2D eigenvalue weighted by molar-refractivity contribution is 5.85. The molecule has 15 heavy (non-hydrogen) atoms. The minimum atomic E-state index is 0.848. The molecule has 1 aliphatic carbocycles. The van der Waals surface area contributed by atoms with Crippen LogP contribution < -0.4 is 0 Å². The lowest BCUT2D eigenvalue weighted by Gasteiger charge is -2.17. The molecular formula is C13H14N2. The van der Waals surface area contributed by atoms with Gasteiger partial charge < -0.3 is 4.57 Å². The predicted molar refractivity (Wildman–Crippen MR) is 60.0 cm³/mol. The van der Waals surface area contributed by atoms with Crippen molar-refractivity contribution in [2.45, 2.75) is 38.1 Å². The van der Waals surface area contributed by atoms with E-state index in [0.717, 1.165) is 5.92 Å². The molecule has 2 aromatic heterocycles. The van der Waals surface area contributed by atoms with Crippen LogP contribution in [-0.2, 0) is 13.0 Å². The van der Waals surface area contributed by atoms with Crippen LogP contribution in [0, 0.1) is 0 Å². The molecule has 1 atom stereocenters. The SMILES string of the molecule is c1cc2c(cn1)c1c3n2CCC3CCC1. The van der Waals surface area contributed by atoms with E-state index < -0.39 is 0 Å². The number of aromatic nitrogens is 2. The molecule has 1 unspecified atom stereocenters. The lowest BCUT2D eigenvalue weighted by Crippen LogP contribution is -2.05. The van der Waals surface area contributed by atoms with Gasteiger partial charge in [-0.25, -0.2) is 0 Å². The van der Waals surface area contributed by atoms with Gasteiger partial charge in [-0.05, 0) is 37.3 Å². The van der Waals surface area contributed by atoms with Crippen LogP contribution >= 0.6 is 0 Å². The van der Waals surface area contributed by atoms with Crippen molar-refractivity contribution in [2.24, 2.45) is 0 Å². The summed E-state index contributed by atoms with van der Waals surface area (Å²) in [6, 6.07) is 2.18. The number of hydrogen-bond donors (Lipinski definition) is 0. The summed E-state index contributed by atoms with van der Waals surface area (Å²) in [5.41, 5.74) is 4.66. The molecule has 0 saturated carbocycles. The fourth-order valence-electron chi connectivity index (χ4n) is 3.48. The molecule has 2 aliphatic rings. The van der Waals surface area contributed by atoms with Gasteiger partial charge in [0.2, 0.25) is 0 Å². The highest BCUT2D eigenvalue weighted by atomic mass is 15.0. The van der Waals surface area contributed by atoms with E-state index in [1.165, 1.54) is 43.1 Å². The first-order valence-electron chi connectivity index (χ1n) is 5.90. The summed E-state index contributed by atoms with van der Waals surface area (Å²) in [6.45, 7) is 1.22. The van der Waals surface area contributed by atoms with Crippen molar-refractivity contribution in [3.63, 3.8) is 0 Å². The van der Waals surface area contributed by atoms with E-state index in [1.54, 1.807) is 11.3 Å². The molecule has 0 saturated heterocycles. The van der Waals surface area contributed by atoms with E-state index in [0.29, 0.717) is 0 Å². The molecule has 0 N–H and O–H groups in total. The highest BCUT2D eigenvalue weighted by Crippen LogP contribution is 2.44. The third kappa shape index (κ3) is 0.876. The summed E-state index contributed by atoms with van der Waals surface area (Å²) in [6.07, 6.45) is 9.37. The Labute approximate surface area is 88.9 Å². The Balaban J connectivity index is 2.16. The van der Waals surface area contributed by atoms with Gasteiger partial charge in [0, 0.05) is 35.9 Å². The van der Waals surface area contributed by atoms with E-state index in [2.05, 4.69) is 21.8 Å². The second-order valence-electron chi connectivity index (χ2n) is 4.79. The number of nitrogens with zero attached hydrogens (tertiary/aromatic N) is 2. The van der Waals surface area contributed by atoms with Crippen LogP contribution in [0.25, 0.3) is 10.9 Å². The minimum Gasteiger partial charge on any atom is -0.344 e. The number of rotatable bonds is 0. The molecule has 76 valence electrons. The van der Waals surface area contributed by atoms with Gasteiger partial charge in [-0.3, -0.25) is 4.98 Å². The zero-order valence-electron chi connectivity index (χ0n) is 8.74. The summed E-state index contributed by atoms with van der Waals surface area (Å²) in [5, 5.41) is 1.41. The third-order valence-corrected chi connectivity index (χ3v) is 4.08. The maximum Gasteiger partial charge on any atom is 0.0516 e. The average Bonchev–Trinajstić information content (AvgIpc) is 2.85. The monoisotopic (exact) mass is 198 g/mol. The van der Waals surface area contributed by atoms with E-state index in [9.17, 15) is 0 Å². The molecule has 0 bridgehead atoms. The van der Waals surface area contributed by atoms with Gasteiger partial charge in [0.15, 0.2) is 0 Å². The van der Waals surface area contributed by atoms with Crippen LogP contribution in [0.3, 0.4) is 0 Å². The van der Waals surface area contributed by atoms with Crippen molar-refractivity contribution in [3.05, 3.63) is 29.7 Å². The van der Waals surface area contributed by atoms with E-state index in [1.807, 2.05) is 6.20 Å². The minimum absolute atomic E-state index is 0.848. The van der Waals surface area contributed by atoms with Gasteiger partial charge in [-0.15, -0.1) is 0 Å². The summed E-state index contributed by atoms with van der Waals surface area (Å²) >= 11 is 0. The van der Waals surface area contributed by atoms with Crippen molar-refractivity contribution < 1.29 is 0 Å². The van der Waals surface area contributed by atoms with Crippen molar-refractivity contribution in [3.8, 4) is 0 Å². The third-order valence-electron chi connectivity index (χ3n) is 4.08. The number of hydrogen-bond acceptors (Lipinski definition) is 1. The van der Waals surface area contributed by atoms with Crippen LogP contribution in [0.5, 0.6) is 0 Å². The summed E-state index contributed by atoms with van der Waals surface area (Å²) in [5.74, 6) is 0.848. The van der Waals surface area contributed by atoms with Gasteiger partial charge in [0.05, 0.1) is 5.52 Å². The van der Waals surface area contributed by atoms with Gasteiger partial charge in [-0.1, -0.05) is 0 Å². The number of fused-ring (bicyclic) bond motifs is 3. The number of aryl methyl sites for hydroxylation is 2.